The van der Waals surface area contributed by atoms with Crippen molar-refractivity contribution in [2.45, 2.75) is 0 Å². The van der Waals surface area contributed by atoms with Crippen molar-refractivity contribution in [3.63, 3.8) is 0 Å². The van der Waals surface area contributed by atoms with Crippen LogP contribution in [0, 0.1) is 10.1 Å². The number of likely N-dealkylation sites (N-methyl/N-ethyl adjacent to an activating group) is 1. The summed E-state index contributed by atoms with van der Waals surface area (Å²) in [6.07, 6.45) is 0. The number of nitro groups is 1. The Hall–Kier alpha value is -1.86. The number of amides is 2. The highest BCUT2D eigenvalue weighted by atomic mass is 35.5. The van der Waals surface area contributed by atoms with Gasteiger partial charge in [0.15, 0.2) is 0 Å². The van der Waals surface area contributed by atoms with E-state index in [4.69, 9.17) is 23.2 Å². The van der Waals surface area contributed by atoms with Gasteiger partial charge in [-0.05, 0) is 6.07 Å². The van der Waals surface area contributed by atoms with Crippen LogP contribution in [0.25, 0.3) is 0 Å². The van der Waals surface area contributed by atoms with Crippen molar-refractivity contribution in [3.8, 4) is 0 Å². The van der Waals surface area contributed by atoms with E-state index in [1.165, 1.54) is 19.0 Å². The molecule has 0 atom stereocenters. The molecule has 1 aromatic rings. The summed E-state index contributed by atoms with van der Waals surface area (Å²) in [5.41, 5.74) is -0.547. The molecular formula is C11H11Cl2N3O4. The van der Waals surface area contributed by atoms with E-state index >= 15 is 0 Å². The molecule has 0 aliphatic heterocycles. The first-order valence-corrected chi connectivity index (χ1v) is 6.11. The third-order valence-corrected chi connectivity index (χ3v) is 2.99. The largest absolute Gasteiger partial charge is 0.347 e. The molecule has 0 saturated carbocycles. The van der Waals surface area contributed by atoms with Gasteiger partial charge in [-0.3, -0.25) is 19.7 Å². The second-order valence-electron chi connectivity index (χ2n) is 4.01. The van der Waals surface area contributed by atoms with Gasteiger partial charge in [0.05, 0.1) is 22.1 Å². The fraction of sp³-hybridized carbons (Fsp3) is 0.273. The topological polar surface area (TPSA) is 92.6 Å². The number of hydrogen-bond acceptors (Lipinski definition) is 4. The lowest BCUT2D eigenvalue weighted by molar-refractivity contribution is -0.384. The van der Waals surface area contributed by atoms with Gasteiger partial charge in [0.25, 0.3) is 11.6 Å². The van der Waals surface area contributed by atoms with E-state index in [9.17, 15) is 19.7 Å². The zero-order chi connectivity index (χ0) is 15.4. The van der Waals surface area contributed by atoms with E-state index in [-0.39, 0.29) is 28.1 Å². The van der Waals surface area contributed by atoms with Crippen molar-refractivity contribution >= 4 is 40.7 Å². The molecule has 0 bridgehead atoms. The van der Waals surface area contributed by atoms with Crippen LogP contribution < -0.4 is 5.32 Å². The minimum atomic E-state index is -0.722. The first-order chi connectivity index (χ1) is 9.23. The van der Waals surface area contributed by atoms with Crippen molar-refractivity contribution in [2.24, 2.45) is 0 Å². The maximum absolute atomic E-state index is 11.8. The SMILES string of the molecule is CN(C)C(=O)CNC(=O)c1cc([N+](=O)[O-])c(Cl)cc1Cl. The van der Waals surface area contributed by atoms with Crippen LogP contribution in [0.4, 0.5) is 5.69 Å². The van der Waals surface area contributed by atoms with Crippen LogP contribution in [0.15, 0.2) is 12.1 Å². The number of nitrogens with one attached hydrogen (secondary N) is 1. The Bertz CT molecular complexity index is 575. The Morgan fingerprint density at radius 1 is 1.30 bits per heavy atom. The lowest BCUT2D eigenvalue weighted by Gasteiger charge is -2.11. The molecule has 0 unspecified atom stereocenters. The Morgan fingerprint density at radius 3 is 2.40 bits per heavy atom. The predicted octanol–water partition coefficient (Wildman–Crippen LogP) is 1.72. The molecule has 0 radical (unpaired) electrons. The number of hydrogen-bond donors (Lipinski definition) is 1. The molecule has 108 valence electrons. The standard InChI is InChI=1S/C11H11Cl2N3O4/c1-15(2)10(17)5-14-11(18)6-3-9(16(19)20)8(13)4-7(6)12/h3-4H,5H2,1-2H3,(H,14,18). The zero-order valence-electron chi connectivity index (χ0n) is 10.6. The first-order valence-electron chi connectivity index (χ1n) is 5.35. The molecule has 9 heteroatoms. The molecule has 0 fully saturated rings. The first kappa shape index (κ1) is 16.2. The molecule has 0 aliphatic carbocycles. The van der Waals surface area contributed by atoms with Crippen LogP contribution in [0.2, 0.25) is 10.0 Å². The van der Waals surface area contributed by atoms with Gasteiger partial charge in [0, 0.05) is 20.2 Å². The van der Waals surface area contributed by atoms with Gasteiger partial charge in [0.1, 0.15) is 5.02 Å². The smallest absolute Gasteiger partial charge is 0.288 e. The number of nitro benzene ring substituents is 1. The molecular weight excluding hydrogens is 309 g/mol. The number of carbonyl (C=O) groups is 2. The Morgan fingerprint density at radius 2 is 1.90 bits per heavy atom. The van der Waals surface area contributed by atoms with Crippen LogP contribution in [-0.2, 0) is 4.79 Å². The van der Waals surface area contributed by atoms with E-state index < -0.39 is 16.5 Å². The summed E-state index contributed by atoms with van der Waals surface area (Å²) >= 11 is 11.5. The molecule has 0 aliphatic rings. The summed E-state index contributed by atoms with van der Waals surface area (Å²) < 4.78 is 0. The molecule has 0 spiro atoms. The summed E-state index contributed by atoms with van der Waals surface area (Å²) in [5.74, 6) is -1.01. The van der Waals surface area contributed by atoms with Crippen LogP contribution in [0.3, 0.4) is 0 Å². The van der Waals surface area contributed by atoms with E-state index in [0.29, 0.717) is 0 Å². The van der Waals surface area contributed by atoms with Gasteiger partial charge in [-0.2, -0.15) is 0 Å². The average molecular weight is 320 g/mol. The molecule has 1 aromatic carbocycles. The summed E-state index contributed by atoms with van der Waals surface area (Å²) in [6.45, 7) is -0.238. The van der Waals surface area contributed by atoms with Gasteiger partial charge < -0.3 is 10.2 Å². The van der Waals surface area contributed by atoms with Gasteiger partial charge in [-0.15, -0.1) is 0 Å². The molecule has 1 N–H and O–H groups in total. The van der Waals surface area contributed by atoms with Crippen molar-refractivity contribution in [2.75, 3.05) is 20.6 Å². The molecule has 20 heavy (non-hydrogen) atoms. The summed E-state index contributed by atoms with van der Waals surface area (Å²) in [4.78, 5) is 34.5. The van der Waals surface area contributed by atoms with Gasteiger partial charge >= 0.3 is 0 Å². The zero-order valence-corrected chi connectivity index (χ0v) is 12.2. The molecule has 2 amide bonds. The highest BCUT2D eigenvalue weighted by Crippen LogP contribution is 2.30. The number of rotatable bonds is 4. The minimum absolute atomic E-state index is 0.0320. The van der Waals surface area contributed by atoms with Crippen LogP contribution in [0.5, 0.6) is 0 Å². The number of carbonyl (C=O) groups excluding carboxylic acids is 2. The third-order valence-electron chi connectivity index (χ3n) is 2.38. The Kier molecular flexibility index (Phi) is 5.29. The molecule has 0 heterocycles. The Balaban J connectivity index is 2.96. The van der Waals surface area contributed by atoms with Crippen LogP contribution in [-0.4, -0.2) is 42.3 Å². The number of halogens is 2. The van der Waals surface area contributed by atoms with E-state index in [2.05, 4.69) is 5.32 Å². The maximum atomic E-state index is 11.8. The van der Waals surface area contributed by atoms with Crippen molar-refractivity contribution in [1.82, 2.24) is 10.2 Å². The lowest BCUT2D eigenvalue weighted by atomic mass is 10.2. The quantitative estimate of drug-likeness (QED) is 0.675. The summed E-state index contributed by atoms with van der Waals surface area (Å²) in [6, 6.07) is 2.09. The Labute approximate surface area is 124 Å². The summed E-state index contributed by atoms with van der Waals surface area (Å²) in [7, 11) is 3.07. The van der Waals surface area contributed by atoms with Gasteiger partial charge in [-0.25, -0.2) is 0 Å². The highest BCUT2D eigenvalue weighted by molar-refractivity contribution is 6.38. The summed E-state index contributed by atoms with van der Waals surface area (Å²) in [5, 5.41) is 12.9. The van der Waals surface area contributed by atoms with Crippen molar-refractivity contribution in [1.29, 1.82) is 0 Å². The van der Waals surface area contributed by atoms with E-state index in [1.807, 2.05) is 0 Å². The highest BCUT2D eigenvalue weighted by Gasteiger charge is 2.20. The minimum Gasteiger partial charge on any atom is -0.347 e. The van der Waals surface area contributed by atoms with Crippen LogP contribution in [0.1, 0.15) is 10.4 Å². The van der Waals surface area contributed by atoms with Crippen molar-refractivity contribution in [3.05, 3.63) is 37.9 Å². The molecule has 7 nitrogen and oxygen atoms in total. The second-order valence-corrected chi connectivity index (χ2v) is 4.83. The lowest BCUT2D eigenvalue weighted by Crippen LogP contribution is -2.36. The molecule has 0 aromatic heterocycles. The fourth-order valence-corrected chi connectivity index (χ4v) is 1.80. The van der Waals surface area contributed by atoms with Crippen LogP contribution >= 0.6 is 23.2 Å². The predicted molar refractivity (Wildman–Crippen MR) is 74.1 cm³/mol. The second kappa shape index (κ2) is 6.53. The molecule has 1 rings (SSSR count). The van der Waals surface area contributed by atoms with Gasteiger partial charge in [0.2, 0.25) is 5.91 Å². The van der Waals surface area contributed by atoms with Gasteiger partial charge in [-0.1, -0.05) is 23.2 Å². The third kappa shape index (κ3) is 3.82. The monoisotopic (exact) mass is 319 g/mol. The molecule has 0 saturated heterocycles. The fourth-order valence-electron chi connectivity index (χ4n) is 1.26. The number of benzene rings is 1. The van der Waals surface area contributed by atoms with E-state index in [0.717, 1.165) is 12.1 Å². The normalized spacial score (nSPS) is 10.0. The van der Waals surface area contributed by atoms with Crippen molar-refractivity contribution < 1.29 is 14.5 Å². The number of nitrogens with zero attached hydrogens (tertiary/aromatic N) is 2. The van der Waals surface area contributed by atoms with E-state index in [1.54, 1.807) is 0 Å². The maximum Gasteiger partial charge on any atom is 0.288 e. The average Bonchev–Trinajstić information content (AvgIpc) is 2.34.